The molecule has 0 fully saturated rings. The van der Waals surface area contributed by atoms with E-state index in [0.29, 0.717) is 0 Å². The maximum Gasteiger partial charge on any atom is 0.159 e. The van der Waals surface area contributed by atoms with Crippen LogP contribution in [0.25, 0.3) is 21.7 Å². The van der Waals surface area contributed by atoms with Crippen molar-refractivity contribution >= 4 is 40.8 Å². The van der Waals surface area contributed by atoms with Gasteiger partial charge in [0.15, 0.2) is 5.78 Å². The van der Waals surface area contributed by atoms with Gasteiger partial charge in [-0.25, -0.2) is 0 Å². The van der Waals surface area contributed by atoms with E-state index in [-0.39, 0.29) is 5.78 Å². The third kappa shape index (κ3) is 2.57. The van der Waals surface area contributed by atoms with Crippen molar-refractivity contribution in [3.63, 3.8) is 0 Å². The van der Waals surface area contributed by atoms with Gasteiger partial charge in [-0.15, -0.1) is 0 Å². The zero-order chi connectivity index (χ0) is 17.3. The monoisotopic (exact) mass is 335 g/mol. The van der Waals surface area contributed by atoms with Gasteiger partial charge in [-0.1, -0.05) is 69.2 Å². The van der Waals surface area contributed by atoms with Gasteiger partial charge < -0.3 is 0 Å². The molecule has 0 saturated heterocycles. The Morgan fingerprint density at radius 2 is 1.58 bits per heavy atom. The lowest BCUT2D eigenvalue weighted by atomic mass is 10.0. The van der Waals surface area contributed by atoms with Gasteiger partial charge in [0.05, 0.1) is 5.52 Å². The van der Waals surface area contributed by atoms with Crippen LogP contribution in [0.4, 0.5) is 0 Å². The van der Waals surface area contributed by atoms with E-state index < -0.39 is 8.07 Å². The molecule has 0 unspecified atom stereocenters. The average Bonchev–Trinajstić information content (AvgIpc) is 2.63. The Bertz CT molecular complexity index is 904. The molecule has 3 aromatic rings. The Hall–Kier alpha value is -2.00. The van der Waals surface area contributed by atoms with Gasteiger partial charge >= 0.3 is 0 Å². The summed E-state index contributed by atoms with van der Waals surface area (Å²) in [6, 6.07) is 18.1. The minimum atomic E-state index is -1.66. The van der Waals surface area contributed by atoms with E-state index in [9.17, 15) is 4.79 Å². The van der Waals surface area contributed by atoms with Crippen LogP contribution in [0.3, 0.4) is 0 Å². The summed E-state index contributed by atoms with van der Waals surface area (Å²) in [6.45, 7) is 8.55. The number of pyridine rings is 1. The Morgan fingerprint density at radius 1 is 0.917 bits per heavy atom. The average molecular weight is 336 g/mol. The molecule has 0 atom stereocenters. The van der Waals surface area contributed by atoms with Crippen molar-refractivity contribution in [2.24, 2.45) is 0 Å². The number of rotatable bonds is 5. The lowest BCUT2D eigenvalue weighted by Crippen LogP contribution is -2.48. The zero-order valence-corrected chi connectivity index (χ0v) is 16.0. The predicted molar refractivity (Wildman–Crippen MR) is 106 cm³/mol. The second-order valence-electron chi connectivity index (χ2n) is 6.64. The summed E-state index contributed by atoms with van der Waals surface area (Å²) in [5, 5.41) is 4.89. The molecule has 24 heavy (non-hydrogen) atoms. The van der Waals surface area contributed by atoms with Crippen LogP contribution in [-0.4, -0.2) is 18.8 Å². The van der Waals surface area contributed by atoms with E-state index in [0.717, 1.165) is 11.1 Å². The smallest absolute Gasteiger partial charge is 0.159 e. The van der Waals surface area contributed by atoms with Crippen LogP contribution in [0.5, 0.6) is 0 Å². The first-order valence-corrected chi connectivity index (χ1v) is 11.5. The molecule has 124 valence electrons. The van der Waals surface area contributed by atoms with Gasteiger partial charge in [-0.2, -0.15) is 0 Å². The van der Waals surface area contributed by atoms with Crippen LogP contribution in [0.2, 0.25) is 18.1 Å². The minimum Gasteiger partial charge on any atom is -0.295 e. The first kappa shape index (κ1) is 16.8. The molecule has 3 rings (SSSR count). The number of hydrogen-bond donors (Lipinski definition) is 0. The summed E-state index contributed by atoms with van der Waals surface area (Å²) >= 11 is 0. The van der Waals surface area contributed by atoms with Crippen LogP contribution in [0.1, 0.15) is 38.1 Å². The van der Waals surface area contributed by atoms with Crippen molar-refractivity contribution in [2.45, 2.75) is 45.8 Å². The Morgan fingerprint density at radius 3 is 2.21 bits per heavy atom. The Kier molecular flexibility index (Phi) is 4.55. The van der Waals surface area contributed by atoms with E-state index >= 15 is 0 Å². The molecule has 1 aromatic heterocycles. The fraction of sp³-hybridized carbons (Fsp3) is 0.333. The van der Waals surface area contributed by atoms with Crippen LogP contribution in [-0.2, 0) is 0 Å². The number of benzene rings is 2. The Labute approximate surface area is 144 Å². The van der Waals surface area contributed by atoms with Crippen molar-refractivity contribution in [1.29, 1.82) is 0 Å². The fourth-order valence-electron chi connectivity index (χ4n) is 3.83. The summed E-state index contributed by atoms with van der Waals surface area (Å²) in [7, 11) is -1.66. The number of carbonyl (C=O) groups is 1. The maximum atomic E-state index is 11.9. The quantitative estimate of drug-likeness (QED) is 0.359. The summed E-state index contributed by atoms with van der Waals surface area (Å²) in [5.41, 5.74) is 1.86. The molecule has 3 heteroatoms. The lowest BCUT2D eigenvalue weighted by Gasteiger charge is -2.29. The van der Waals surface area contributed by atoms with E-state index in [4.69, 9.17) is 4.98 Å². The maximum absolute atomic E-state index is 11.9. The molecular weight excluding hydrogens is 310 g/mol. The molecule has 2 aromatic carbocycles. The molecule has 0 amide bonds. The number of aromatic nitrogens is 1. The third-order valence-corrected chi connectivity index (χ3v) is 11.1. The van der Waals surface area contributed by atoms with Crippen molar-refractivity contribution in [2.75, 3.05) is 0 Å². The number of nitrogens with zero attached hydrogens (tertiary/aromatic N) is 1. The molecule has 0 saturated carbocycles. The number of Topliss-reactive ketones (excluding diaryl/α,β-unsaturated/α-hetero) is 1. The molecule has 0 aliphatic heterocycles. The Balaban J connectivity index is 2.48. The highest BCUT2D eigenvalue weighted by atomic mass is 28.3. The fourth-order valence-corrected chi connectivity index (χ4v) is 7.47. The van der Waals surface area contributed by atoms with E-state index in [1.807, 2.05) is 6.07 Å². The molecule has 0 aliphatic rings. The van der Waals surface area contributed by atoms with Gasteiger partial charge in [0.25, 0.3) is 0 Å². The number of ketones is 1. The van der Waals surface area contributed by atoms with Crippen molar-refractivity contribution < 1.29 is 4.79 Å². The van der Waals surface area contributed by atoms with Crippen LogP contribution in [0.15, 0.2) is 42.5 Å². The molecule has 0 radical (unpaired) electrons. The predicted octanol–water partition coefficient (Wildman–Crippen LogP) is 5.31. The highest BCUT2D eigenvalue weighted by Crippen LogP contribution is 2.29. The zero-order valence-electron chi connectivity index (χ0n) is 15.0. The standard InChI is InChI=1S/C21H25NOSi/c1-5-24(6-2,7-3)21-19-14-16(15(4)23)12-13-17(19)18-10-8-9-11-20(18)22-21/h8-14H,5-7H2,1-4H3. The van der Waals surface area contributed by atoms with Gasteiger partial charge in [-0.3, -0.25) is 9.78 Å². The summed E-state index contributed by atoms with van der Waals surface area (Å²) < 4.78 is 0. The third-order valence-electron chi connectivity index (χ3n) is 5.64. The number of para-hydroxylation sites is 1. The summed E-state index contributed by atoms with van der Waals surface area (Å²) in [5.74, 6) is 0.118. The molecule has 0 N–H and O–H groups in total. The molecule has 0 bridgehead atoms. The number of hydrogen-bond acceptors (Lipinski definition) is 2. The van der Waals surface area contributed by atoms with Crippen LogP contribution in [0, 0.1) is 0 Å². The minimum absolute atomic E-state index is 0.118. The number of fused-ring (bicyclic) bond motifs is 3. The van der Waals surface area contributed by atoms with Crippen molar-refractivity contribution in [1.82, 2.24) is 4.98 Å². The molecule has 2 nitrogen and oxygen atoms in total. The topological polar surface area (TPSA) is 30.0 Å². The van der Waals surface area contributed by atoms with Crippen molar-refractivity contribution in [3.8, 4) is 0 Å². The molecular formula is C21H25NOSi. The van der Waals surface area contributed by atoms with Crippen LogP contribution < -0.4 is 5.32 Å². The first-order chi connectivity index (χ1) is 11.6. The number of carbonyl (C=O) groups excluding carboxylic acids is 1. The molecule has 0 spiro atoms. The van der Waals surface area contributed by atoms with E-state index in [1.54, 1.807) is 6.92 Å². The largest absolute Gasteiger partial charge is 0.295 e. The second kappa shape index (κ2) is 6.48. The summed E-state index contributed by atoms with van der Waals surface area (Å²) in [6.07, 6.45) is 0. The van der Waals surface area contributed by atoms with E-state index in [2.05, 4.69) is 57.2 Å². The molecule has 0 aliphatic carbocycles. The second-order valence-corrected chi connectivity index (χ2v) is 11.8. The molecule has 1 heterocycles. The first-order valence-electron chi connectivity index (χ1n) is 8.90. The summed E-state index contributed by atoms with van der Waals surface area (Å²) in [4.78, 5) is 17.1. The van der Waals surface area contributed by atoms with Gasteiger partial charge in [0, 0.05) is 21.7 Å². The van der Waals surface area contributed by atoms with Gasteiger partial charge in [0.2, 0.25) is 0 Å². The van der Waals surface area contributed by atoms with Gasteiger partial charge in [-0.05, 0) is 24.4 Å². The van der Waals surface area contributed by atoms with Crippen molar-refractivity contribution in [3.05, 3.63) is 48.0 Å². The van der Waals surface area contributed by atoms with Gasteiger partial charge in [0.1, 0.15) is 8.07 Å². The highest BCUT2D eigenvalue weighted by Gasteiger charge is 2.33. The SMILES string of the molecule is CC[Si](CC)(CC)c1nc2ccccc2c2ccc(C(C)=O)cc12. The normalized spacial score (nSPS) is 12.0. The highest BCUT2D eigenvalue weighted by molar-refractivity contribution is 6.92. The van der Waals surface area contributed by atoms with Crippen LogP contribution >= 0.6 is 0 Å². The van der Waals surface area contributed by atoms with E-state index in [1.165, 1.54) is 39.6 Å². The lowest BCUT2D eigenvalue weighted by molar-refractivity contribution is 0.101.